The van der Waals surface area contributed by atoms with Crippen LogP contribution in [0.2, 0.25) is 0 Å². The first kappa shape index (κ1) is 29.5. The number of allylic oxidation sites excluding steroid dienone is 1. The number of carboxylic acids is 1. The van der Waals surface area contributed by atoms with Crippen molar-refractivity contribution in [3.8, 4) is 0 Å². The van der Waals surface area contributed by atoms with Crippen LogP contribution in [0.5, 0.6) is 0 Å². The van der Waals surface area contributed by atoms with Crippen molar-refractivity contribution in [2.24, 2.45) is 22.7 Å². The number of methoxy groups -OCH3 is 1. The standard InChI is InChI=1S/C29H37NO10/c1-13(2)9-17(26(35)36)30-11-15-22-25(34)24(33)21-16-7-8-19(32)28(16,4)10-18(39-14(3)31)23(21)29(22,5)20(12-38-6)40-27(15)37/h11,13,16-18,20,30,34H,7-10,12H2,1-6H3,(H,35,36)/b15-11-/t16-,17-,18+,20+,28-,29-/m0/s1. The van der Waals surface area contributed by atoms with Gasteiger partial charge in [0.25, 0.3) is 0 Å². The van der Waals surface area contributed by atoms with Gasteiger partial charge in [-0.25, -0.2) is 9.59 Å². The van der Waals surface area contributed by atoms with E-state index in [4.69, 9.17) is 14.2 Å². The van der Waals surface area contributed by atoms with Crippen molar-refractivity contribution < 1.29 is 48.4 Å². The van der Waals surface area contributed by atoms with Gasteiger partial charge in [0.2, 0.25) is 5.78 Å². The van der Waals surface area contributed by atoms with Gasteiger partial charge in [-0.05, 0) is 31.3 Å². The lowest BCUT2D eigenvalue weighted by Crippen LogP contribution is -2.57. The summed E-state index contributed by atoms with van der Waals surface area (Å²) in [6.45, 7) is 8.27. The van der Waals surface area contributed by atoms with Crippen molar-refractivity contribution in [2.45, 2.75) is 78.6 Å². The molecule has 1 saturated heterocycles. The molecule has 0 aromatic rings. The Balaban J connectivity index is 1.95. The van der Waals surface area contributed by atoms with E-state index in [9.17, 15) is 34.2 Å². The number of fused-ring (bicyclic) bond motifs is 4. The van der Waals surface area contributed by atoms with Gasteiger partial charge in [-0.2, -0.15) is 0 Å². The number of nitrogens with one attached hydrogen (secondary N) is 1. The molecule has 6 atom stereocenters. The predicted molar refractivity (Wildman–Crippen MR) is 140 cm³/mol. The van der Waals surface area contributed by atoms with Gasteiger partial charge in [-0.1, -0.05) is 20.8 Å². The van der Waals surface area contributed by atoms with E-state index in [0.29, 0.717) is 12.0 Å². The first-order valence-corrected chi connectivity index (χ1v) is 13.5. The maximum Gasteiger partial charge on any atom is 0.340 e. The Morgan fingerprint density at radius 1 is 1.23 bits per heavy atom. The number of hydrogen-bond acceptors (Lipinski definition) is 10. The van der Waals surface area contributed by atoms with E-state index < -0.39 is 64.4 Å². The summed E-state index contributed by atoms with van der Waals surface area (Å²) in [4.78, 5) is 64.4. The van der Waals surface area contributed by atoms with Crippen LogP contribution in [0, 0.1) is 22.7 Å². The van der Waals surface area contributed by atoms with E-state index in [1.165, 1.54) is 20.2 Å². The van der Waals surface area contributed by atoms with Crippen LogP contribution >= 0.6 is 0 Å². The Hall–Kier alpha value is -3.47. The molecular weight excluding hydrogens is 522 g/mol. The van der Waals surface area contributed by atoms with Crippen LogP contribution in [0.3, 0.4) is 0 Å². The predicted octanol–water partition coefficient (Wildman–Crippen LogP) is 2.55. The number of cyclic esters (lactones) is 1. The Morgan fingerprint density at radius 2 is 1.90 bits per heavy atom. The second kappa shape index (κ2) is 10.5. The van der Waals surface area contributed by atoms with E-state index in [2.05, 4.69) is 5.32 Å². The highest BCUT2D eigenvalue weighted by Crippen LogP contribution is 2.62. The molecule has 0 unspecified atom stereocenters. The molecule has 2 fully saturated rings. The van der Waals surface area contributed by atoms with Crippen LogP contribution in [-0.4, -0.2) is 71.7 Å². The van der Waals surface area contributed by atoms with Gasteiger partial charge in [0.05, 0.1) is 17.6 Å². The summed E-state index contributed by atoms with van der Waals surface area (Å²) >= 11 is 0. The highest BCUT2D eigenvalue weighted by atomic mass is 16.6. The third-order valence-electron chi connectivity index (χ3n) is 8.85. The highest BCUT2D eigenvalue weighted by molar-refractivity contribution is 6.14. The summed E-state index contributed by atoms with van der Waals surface area (Å²) in [7, 11) is 1.41. The number of aliphatic carboxylic acids is 1. The molecule has 0 spiro atoms. The maximum atomic E-state index is 13.9. The molecule has 218 valence electrons. The van der Waals surface area contributed by atoms with E-state index in [1.807, 2.05) is 13.8 Å². The molecule has 11 heteroatoms. The summed E-state index contributed by atoms with van der Waals surface area (Å²) < 4.78 is 16.9. The molecule has 0 aromatic heterocycles. The quantitative estimate of drug-likeness (QED) is 0.295. The summed E-state index contributed by atoms with van der Waals surface area (Å²) in [6.07, 6.45) is 0.145. The minimum Gasteiger partial charge on any atom is -0.504 e. The number of Topliss-reactive ketones (excluding diaryl/α,β-unsaturated/α-hetero) is 2. The van der Waals surface area contributed by atoms with E-state index in [0.717, 1.165) is 0 Å². The Bertz CT molecular complexity index is 1260. The number of hydrogen-bond donors (Lipinski definition) is 3. The number of carbonyl (C=O) groups excluding carboxylic acids is 4. The van der Waals surface area contributed by atoms with Gasteiger partial charge in [0, 0.05) is 55.6 Å². The summed E-state index contributed by atoms with van der Waals surface area (Å²) in [6, 6.07) is -1.05. The average Bonchev–Trinajstić information content (AvgIpc) is 3.15. The van der Waals surface area contributed by atoms with Crippen LogP contribution in [0.1, 0.15) is 60.3 Å². The molecule has 0 radical (unpaired) electrons. The molecule has 3 aliphatic carbocycles. The molecule has 0 amide bonds. The molecule has 1 heterocycles. The smallest absolute Gasteiger partial charge is 0.340 e. The molecule has 0 aromatic carbocycles. The minimum atomic E-state index is -1.39. The van der Waals surface area contributed by atoms with E-state index in [1.54, 1.807) is 13.8 Å². The number of carboxylic acid groups (broad SMARTS) is 1. The number of rotatable bonds is 8. The molecule has 4 aliphatic rings. The number of aliphatic hydroxyl groups is 1. The van der Waals surface area contributed by atoms with Gasteiger partial charge in [0.15, 0.2) is 5.76 Å². The molecule has 40 heavy (non-hydrogen) atoms. The molecular formula is C29H37NO10. The lowest BCUT2D eigenvalue weighted by Gasteiger charge is -2.53. The molecule has 0 bridgehead atoms. The van der Waals surface area contributed by atoms with Crippen molar-refractivity contribution in [2.75, 3.05) is 13.7 Å². The topological polar surface area (TPSA) is 166 Å². The van der Waals surface area contributed by atoms with Crippen LogP contribution in [-0.2, 0) is 38.2 Å². The van der Waals surface area contributed by atoms with Crippen molar-refractivity contribution >= 4 is 29.5 Å². The van der Waals surface area contributed by atoms with Gasteiger partial charge in [-0.3, -0.25) is 14.4 Å². The first-order chi connectivity index (χ1) is 18.7. The fraction of sp³-hybridized carbons (Fsp3) is 0.621. The Morgan fingerprint density at radius 3 is 2.48 bits per heavy atom. The van der Waals surface area contributed by atoms with Crippen molar-refractivity contribution in [1.29, 1.82) is 0 Å². The zero-order valence-corrected chi connectivity index (χ0v) is 23.7. The van der Waals surface area contributed by atoms with Crippen LogP contribution in [0.15, 0.2) is 34.3 Å². The second-order valence-electron chi connectivity index (χ2n) is 11.9. The van der Waals surface area contributed by atoms with Gasteiger partial charge >= 0.3 is 17.9 Å². The second-order valence-corrected chi connectivity index (χ2v) is 11.9. The Kier molecular flexibility index (Phi) is 7.74. The summed E-state index contributed by atoms with van der Waals surface area (Å²) in [5.41, 5.74) is -2.06. The Labute approximate surface area is 232 Å². The fourth-order valence-corrected chi connectivity index (χ4v) is 6.99. The molecule has 3 N–H and O–H groups in total. The maximum absolute atomic E-state index is 13.9. The average molecular weight is 560 g/mol. The zero-order chi connectivity index (χ0) is 29.7. The number of ether oxygens (including phenoxy) is 3. The summed E-state index contributed by atoms with van der Waals surface area (Å²) in [5.74, 6) is -4.62. The van der Waals surface area contributed by atoms with Crippen LogP contribution in [0.4, 0.5) is 0 Å². The third-order valence-corrected chi connectivity index (χ3v) is 8.85. The first-order valence-electron chi connectivity index (χ1n) is 13.5. The molecule has 11 nitrogen and oxygen atoms in total. The zero-order valence-electron chi connectivity index (χ0n) is 23.7. The monoisotopic (exact) mass is 559 g/mol. The van der Waals surface area contributed by atoms with E-state index in [-0.39, 0.29) is 54.3 Å². The van der Waals surface area contributed by atoms with Gasteiger partial charge in [-0.15, -0.1) is 0 Å². The minimum absolute atomic E-state index is 0.0217. The van der Waals surface area contributed by atoms with Crippen LogP contribution in [0.25, 0.3) is 0 Å². The fourth-order valence-electron chi connectivity index (χ4n) is 6.99. The number of aliphatic hydroxyl groups excluding tert-OH is 1. The lowest BCUT2D eigenvalue weighted by atomic mass is 9.53. The molecule has 1 aliphatic heterocycles. The number of carbonyl (C=O) groups is 5. The van der Waals surface area contributed by atoms with Crippen molar-refractivity contribution in [1.82, 2.24) is 5.32 Å². The number of esters is 2. The molecule has 1 saturated carbocycles. The number of ketones is 2. The normalized spacial score (nSPS) is 33.4. The van der Waals surface area contributed by atoms with E-state index >= 15 is 0 Å². The van der Waals surface area contributed by atoms with Gasteiger partial charge in [0.1, 0.15) is 24.0 Å². The lowest BCUT2D eigenvalue weighted by molar-refractivity contribution is -0.160. The third kappa shape index (κ3) is 4.53. The highest BCUT2D eigenvalue weighted by Gasteiger charge is 2.64. The van der Waals surface area contributed by atoms with Crippen molar-refractivity contribution in [3.05, 3.63) is 34.3 Å². The summed E-state index contributed by atoms with van der Waals surface area (Å²) in [5, 5.41) is 23.9. The van der Waals surface area contributed by atoms with Gasteiger partial charge < -0.3 is 29.7 Å². The van der Waals surface area contributed by atoms with Crippen LogP contribution < -0.4 is 5.32 Å². The SMILES string of the molecule is COC[C@H]1OC(=O)/C(=C\N[C@@H](CC(C)C)C(=O)O)C2=C(O)C(=O)C3=C([C@H](OC(C)=O)C[C@]4(C)C(=O)CC[C@@H]34)[C@]21C. The van der Waals surface area contributed by atoms with Crippen molar-refractivity contribution in [3.63, 3.8) is 0 Å². The molecule has 4 rings (SSSR count). The largest absolute Gasteiger partial charge is 0.504 e.